The maximum absolute atomic E-state index is 6.87. The average molecular weight is 603 g/mol. The molecule has 0 unspecified atom stereocenters. The molecule has 3 heteroatoms. The molecule has 7 aromatic carbocycles. The zero-order valence-electron chi connectivity index (χ0n) is 25.6. The summed E-state index contributed by atoms with van der Waals surface area (Å²) in [6.07, 6.45) is 0. The number of anilines is 3. The molecule has 2 aromatic heterocycles. The van der Waals surface area contributed by atoms with E-state index in [9.17, 15) is 0 Å². The molecule has 0 amide bonds. The van der Waals surface area contributed by atoms with Gasteiger partial charge in [-0.15, -0.1) is 0 Å². The van der Waals surface area contributed by atoms with Gasteiger partial charge in [0, 0.05) is 39.0 Å². The van der Waals surface area contributed by atoms with Gasteiger partial charge in [-0.1, -0.05) is 121 Å². The number of para-hydroxylation sites is 5. The molecule has 0 aliphatic rings. The lowest BCUT2D eigenvalue weighted by Crippen LogP contribution is -2.11. The molecule has 47 heavy (non-hydrogen) atoms. The molecule has 0 saturated heterocycles. The summed E-state index contributed by atoms with van der Waals surface area (Å²) in [7, 11) is 0. The van der Waals surface area contributed by atoms with Gasteiger partial charge in [0.15, 0.2) is 5.58 Å². The van der Waals surface area contributed by atoms with Crippen LogP contribution in [0.4, 0.5) is 17.1 Å². The van der Waals surface area contributed by atoms with Gasteiger partial charge in [0.2, 0.25) is 0 Å². The number of nitrogens with zero attached hydrogens (tertiary/aromatic N) is 2. The van der Waals surface area contributed by atoms with E-state index in [0.717, 1.165) is 66.8 Å². The van der Waals surface area contributed by atoms with Gasteiger partial charge < -0.3 is 13.9 Å². The number of furan rings is 1. The third-order valence-corrected chi connectivity index (χ3v) is 8.98. The van der Waals surface area contributed by atoms with E-state index in [4.69, 9.17) is 4.42 Å². The van der Waals surface area contributed by atoms with Crippen LogP contribution in [0.25, 0.3) is 60.9 Å². The van der Waals surface area contributed by atoms with E-state index in [1.807, 2.05) is 0 Å². The van der Waals surface area contributed by atoms with E-state index in [-0.39, 0.29) is 0 Å². The number of aromatic nitrogens is 1. The van der Waals surface area contributed by atoms with Crippen LogP contribution in [-0.4, -0.2) is 4.57 Å². The van der Waals surface area contributed by atoms with Crippen LogP contribution in [0.15, 0.2) is 186 Å². The van der Waals surface area contributed by atoms with E-state index in [1.165, 1.54) is 11.1 Å². The van der Waals surface area contributed by atoms with Gasteiger partial charge >= 0.3 is 0 Å². The van der Waals surface area contributed by atoms with Crippen LogP contribution < -0.4 is 4.90 Å². The first-order chi connectivity index (χ1) is 23.3. The van der Waals surface area contributed by atoms with E-state index in [0.29, 0.717) is 0 Å². The topological polar surface area (TPSA) is 21.3 Å². The zero-order chi connectivity index (χ0) is 31.2. The molecule has 0 aliphatic carbocycles. The monoisotopic (exact) mass is 602 g/mol. The van der Waals surface area contributed by atoms with Crippen LogP contribution in [0, 0.1) is 0 Å². The summed E-state index contributed by atoms with van der Waals surface area (Å²) in [6, 6.07) is 64.2. The van der Waals surface area contributed by atoms with Gasteiger partial charge in [-0.25, -0.2) is 0 Å². The third kappa shape index (κ3) is 4.52. The first kappa shape index (κ1) is 27.0. The first-order valence-corrected chi connectivity index (χ1v) is 16.0. The SMILES string of the molecule is c1ccc(-c2ccccc2N(c2ccccc2)c2cccc(-c3cccc4c3oc3c5ccccc5n(-c5ccccc5)c43)c2)cc1. The first-order valence-electron chi connectivity index (χ1n) is 16.0. The maximum atomic E-state index is 6.87. The summed E-state index contributed by atoms with van der Waals surface area (Å²) in [5.74, 6) is 0. The van der Waals surface area contributed by atoms with Crippen molar-refractivity contribution in [3.63, 3.8) is 0 Å². The molecule has 0 aliphatic heterocycles. The van der Waals surface area contributed by atoms with E-state index >= 15 is 0 Å². The van der Waals surface area contributed by atoms with Crippen molar-refractivity contribution < 1.29 is 4.42 Å². The Morgan fingerprint density at radius 1 is 0.426 bits per heavy atom. The lowest BCUT2D eigenvalue weighted by molar-refractivity contribution is 0.674. The molecule has 0 N–H and O–H groups in total. The maximum Gasteiger partial charge on any atom is 0.161 e. The minimum atomic E-state index is 0.890. The molecule has 0 atom stereocenters. The largest absolute Gasteiger partial charge is 0.453 e. The summed E-state index contributed by atoms with van der Waals surface area (Å²) in [6.45, 7) is 0. The molecule has 0 saturated carbocycles. The number of benzene rings is 7. The summed E-state index contributed by atoms with van der Waals surface area (Å²) in [4.78, 5) is 2.35. The van der Waals surface area contributed by atoms with Crippen LogP contribution in [0.2, 0.25) is 0 Å². The van der Waals surface area contributed by atoms with Crippen LogP contribution >= 0.6 is 0 Å². The van der Waals surface area contributed by atoms with E-state index < -0.39 is 0 Å². The molecule has 3 nitrogen and oxygen atoms in total. The van der Waals surface area contributed by atoms with Crippen molar-refractivity contribution >= 4 is 50.0 Å². The van der Waals surface area contributed by atoms with Gasteiger partial charge in [-0.2, -0.15) is 0 Å². The molecule has 2 heterocycles. The van der Waals surface area contributed by atoms with Crippen LogP contribution in [0.5, 0.6) is 0 Å². The van der Waals surface area contributed by atoms with Crippen molar-refractivity contribution in [1.29, 1.82) is 0 Å². The Morgan fingerprint density at radius 2 is 1.02 bits per heavy atom. The number of hydrogen-bond donors (Lipinski definition) is 0. The smallest absolute Gasteiger partial charge is 0.161 e. The van der Waals surface area contributed by atoms with Gasteiger partial charge in [-0.05, 0) is 71.8 Å². The minimum absolute atomic E-state index is 0.890. The number of fused-ring (bicyclic) bond motifs is 5. The number of hydrogen-bond acceptors (Lipinski definition) is 2. The van der Waals surface area contributed by atoms with Crippen LogP contribution in [0.3, 0.4) is 0 Å². The molecular formula is C44H30N2O. The fourth-order valence-electron chi connectivity index (χ4n) is 6.91. The molecule has 0 fully saturated rings. The Labute approximate surface area is 273 Å². The van der Waals surface area contributed by atoms with Crippen molar-refractivity contribution in [3.05, 3.63) is 182 Å². The second kappa shape index (κ2) is 11.2. The molecule has 9 rings (SSSR count). The van der Waals surface area contributed by atoms with Crippen LogP contribution in [-0.2, 0) is 0 Å². The highest BCUT2D eigenvalue weighted by Gasteiger charge is 2.22. The Bertz CT molecular complexity index is 2510. The highest BCUT2D eigenvalue weighted by atomic mass is 16.3. The second-order valence-corrected chi connectivity index (χ2v) is 11.8. The van der Waals surface area contributed by atoms with Gasteiger partial charge in [0.25, 0.3) is 0 Å². The van der Waals surface area contributed by atoms with Gasteiger partial charge in [0.1, 0.15) is 11.1 Å². The lowest BCUT2D eigenvalue weighted by Gasteiger charge is -2.28. The van der Waals surface area contributed by atoms with Gasteiger partial charge in [0.05, 0.1) is 11.2 Å². The molecule has 0 radical (unpaired) electrons. The summed E-state index contributed by atoms with van der Waals surface area (Å²) >= 11 is 0. The second-order valence-electron chi connectivity index (χ2n) is 11.8. The Morgan fingerprint density at radius 3 is 1.85 bits per heavy atom. The quantitative estimate of drug-likeness (QED) is 0.189. The minimum Gasteiger partial charge on any atom is -0.453 e. The summed E-state index contributed by atoms with van der Waals surface area (Å²) in [5.41, 5.74) is 12.9. The predicted molar refractivity (Wildman–Crippen MR) is 196 cm³/mol. The fourth-order valence-corrected chi connectivity index (χ4v) is 6.91. The van der Waals surface area contributed by atoms with E-state index in [2.05, 4.69) is 191 Å². The van der Waals surface area contributed by atoms with Gasteiger partial charge in [-0.3, -0.25) is 0 Å². The highest BCUT2D eigenvalue weighted by molar-refractivity contribution is 6.18. The van der Waals surface area contributed by atoms with Crippen molar-refractivity contribution in [3.8, 4) is 27.9 Å². The summed E-state index contributed by atoms with van der Waals surface area (Å²) in [5, 5.41) is 2.20. The van der Waals surface area contributed by atoms with Crippen molar-refractivity contribution in [2.75, 3.05) is 4.90 Å². The third-order valence-electron chi connectivity index (χ3n) is 8.98. The Balaban J connectivity index is 1.25. The highest BCUT2D eigenvalue weighted by Crippen LogP contribution is 2.44. The van der Waals surface area contributed by atoms with Crippen molar-refractivity contribution in [2.45, 2.75) is 0 Å². The molecule has 222 valence electrons. The van der Waals surface area contributed by atoms with Crippen molar-refractivity contribution in [2.24, 2.45) is 0 Å². The standard InChI is InChI=1S/C44H30N2O/c1-4-16-31(17-5-1)36-24-10-12-28-40(36)45(33-19-6-2-7-20-33)35-23-14-18-32(30-35)37-26-15-27-39-42-44(47-43(37)39)38-25-11-13-29-41(38)46(42)34-21-8-3-9-22-34/h1-30H. The molecule has 0 spiro atoms. The molecule has 0 bridgehead atoms. The zero-order valence-corrected chi connectivity index (χ0v) is 25.6. The lowest BCUT2D eigenvalue weighted by atomic mass is 10.00. The van der Waals surface area contributed by atoms with Crippen molar-refractivity contribution in [1.82, 2.24) is 4.57 Å². The predicted octanol–water partition coefficient (Wildman–Crippen LogP) is 12.3. The average Bonchev–Trinajstić information content (AvgIpc) is 3.68. The summed E-state index contributed by atoms with van der Waals surface area (Å²) < 4.78 is 9.19. The van der Waals surface area contributed by atoms with E-state index in [1.54, 1.807) is 0 Å². The molecular weight excluding hydrogens is 572 g/mol. The van der Waals surface area contributed by atoms with Crippen LogP contribution in [0.1, 0.15) is 0 Å². The normalized spacial score (nSPS) is 11.4. The number of rotatable bonds is 6. The Hall–Kier alpha value is -6.32. The molecule has 9 aromatic rings. The Kier molecular flexibility index (Phi) is 6.46. The fraction of sp³-hybridized carbons (Fsp3) is 0.